The molecule has 0 bridgehead atoms. The van der Waals surface area contributed by atoms with Gasteiger partial charge < -0.3 is 10.5 Å². The van der Waals surface area contributed by atoms with Gasteiger partial charge in [-0.25, -0.2) is 4.98 Å². The van der Waals surface area contributed by atoms with Gasteiger partial charge in [0.05, 0.1) is 17.3 Å². The summed E-state index contributed by atoms with van der Waals surface area (Å²) in [5.41, 5.74) is 9.16. The Morgan fingerprint density at radius 1 is 1.32 bits per heavy atom. The number of nitrogens with zero attached hydrogens (tertiary/aromatic N) is 1. The molecule has 0 amide bonds. The number of methoxy groups -OCH3 is 1. The predicted molar refractivity (Wildman–Crippen MR) is 80.6 cm³/mol. The van der Waals surface area contributed by atoms with Crippen LogP contribution in [0.5, 0.6) is 0 Å². The molecule has 0 radical (unpaired) electrons. The second-order valence-electron chi connectivity index (χ2n) is 4.65. The molecule has 0 aliphatic carbocycles. The first kappa shape index (κ1) is 14.2. The SMILES string of the molecule is COCCc1ccc(-c2csc(C(C)CN)n2)cc1. The van der Waals surface area contributed by atoms with Crippen molar-refractivity contribution in [2.24, 2.45) is 5.73 Å². The molecule has 0 saturated heterocycles. The van der Waals surface area contributed by atoms with E-state index in [4.69, 9.17) is 10.5 Å². The van der Waals surface area contributed by atoms with Gasteiger partial charge >= 0.3 is 0 Å². The molecule has 0 aliphatic heterocycles. The van der Waals surface area contributed by atoms with E-state index in [-0.39, 0.29) is 0 Å². The van der Waals surface area contributed by atoms with Crippen LogP contribution in [-0.2, 0) is 11.2 Å². The van der Waals surface area contributed by atoms with E-state index < -0.39 is 0 Å². The number of ether oxygens (including phenoxy) is 1. The molecule has 0 fully saturated rings. The summed E-state index contributed by atoms with van der Waals surface area (Å²) in [5, 5.41) is 3.21. The van der Waals surface area contributed by atoms with E-state index in [1.807, 2.05) is 0 Å². The number of thiazole rings is 1. The lowest BCUT2D eigenvalue weighted by Crippen LogP contribution is -2.08. The van der Waals surface area contributed by atoms with E-state index in [2.05, 4.69) is 41.6 Å². The fraction of sp³-hybridized carbons (Fsp3) is 0.400. The molecule has 4 heteroatoms. The van der Waals surface area contributed by atoms with Crippen LogP contribution in [0.4, 0.5) is 0 Å². The van der Waals surface area contributed by atoms with Gasteiger partial charge in [-0.3, -0.25) is 0 Å². The predicted octanol–water partition coefficient (Wildman–Crippen LogP) is 3.06. The Hall–Kier alpha value is -1.23. The Balaban J connectivity index is 2.11. The van der Waals surface area contributed by atoms with Crippen molar-refractivity contribution in [1.82, 2.24) is 4.98 Å². The maximum Gasteiger partial charge on any atom is 0.0973 e. The van der Waals surface area contributed by atoms with Gasteiger partial charge in [0, 0.05) is 30.5 Å². The molecule has 1 atom stereocenters. The molecule has 2 aromatic rings. The van der Waals surface area contributed by atoms with Crippen molar-refractivity contribution in [2.45, 2.75) is 19.3 Å². The van der Waals surface area contributed by atoms with Crippen LogP contribution in [0.3, 0.4) is 0 Å². The largest absolute Gasteiger partial charge is 0.384 e. The van der Waals surface area contributed by atoms with Crippen LogP contribution < -0.4 is 5.73 Å². The standard InChI is InChI=1S/C15H20N2OS/c1-11(9-16)15-17-14(10-19-15)13-5-3-12(4-6-13)7-8-18-2/h3-6,10-11H,7-9,16H2,1-2H3. The third-order valence-corrected chi connectivity index (χ3v) is 4.22. The van der Waals surface area contributed by atoms with Crippen LogP contribution >= 0.6 is 11.3 Å². The number of rotatable bonds is 6. The van der Waals surface area contributed by atoms with Crippen molar-refractivity contribution < 1.29 is 4.74 Å². The van der Waals surface area contributed by atoms with Crippen LogP contribution in [0.1, 0.15) is 23.4 Å². The summed E-state index contributed by atoms with van der Waals surface area (Å²) in [6, 6.07) is 8.52. The molecule has 19 heavy (non-hydrogen) atoms. The van der Waals surface area contributed by atoms with E-state index in [0.717, 1.165) is 29.3 Å². The van der Waals surface area contributed by atoms with E-state index in [9.17, 15) is 0 Å². The third kappa shape index (κ3) is 3.62. The zero-order valence-electron chi connectivity index (χ0n) is 11.4. The molecular formula is C15H20N2OS. The summed E-state index contributed by atoms with van der Waals surface area (Å²) in [7, 11) is 1.73. The molecule has 0 spiro atoms. The maximum atomic E-state index is 5.67. The molecule has 3 nitrogen and oxygen atoms in total. The summed E-state index contributed by atoms with van der Waals surface area (Å²) in [6.45, 7) is 3.51. The van der Waals surface area contributed by atoms with Gasteiger partial charge in [-0.2, -0.15) is 0 Å². The number of nitrogens with two attached hydrogens (primary N) is 1. The fourth-order valence-electron chi connectivity index (χ4n) is 1.81. The Morgan fingerprint density at radius 3 is 2.68 bits per heavy atom. The first-order chi connectivity index (χ1) is 9.24. The number of aromatic nitrogens is 1. The third-order valence-electron chi connectivity index (χ3n) is 3.14. The van der Waals surface area contributed by atoms with Crippen LogP contribution in [0.15, 0.2) is 29.6 Å². The molecule has 2 N–H and O–H groups in total. The van der Waals surface area contributed by atoms with E-state index in [1.54, 1.807) is 18.4 Å². The first-order valence-electron chi connectivity index (χ1n) is 6.48. The average Bonchev–Trinajstić information content (AvgIpc) is 2.94. The van der Waals surface area contributed by atoms with Crippen molar-refractivity contribution >= 4 is 11.3 Å². The summed E-state index contributed by atoms with van der Waals surface area (Å²) in [5.74, 6) is 0.333. The van der Waals surface area contributed by atoms with Crippen LogP contribution in [-0.4, -0.2) is 25.2 Å². The van der Waals surface area contributed by atoms with Gasteiger partial charge in [0.2, 0.25) is 0 Å². The van der Waals surface area contributed by atoms with Crippen molar-refractivity contribution in [1.29, 1.82) is 0 Å². The summed E-state index contributed by atoms with van der Waals surface area (Å²) in [6.07, 6.45) is 0.948. The highest BCUT2D eigenvalue weighted by Gasteiger charge is 2.09. The van der Waals surface area contributed by atoms with Gasteiger partial charge in [-0.15, -0.1) is 11.3 Å². The van der Waals surface area contributed by atoms with Crippen molar-refractivity contribution in [3.8, 4) is 11.3 Å². The Morgan fingerprint density at radius 2 is 2.05 bits per heavy atom. The lowest BCUT2D eigenvalue weighted by Gasteiger charge is -2.03. The highest BCUT2D eigenvalue weighted by molar-refractivity contribution is 7.10. The second kappa shape index (κ2) is 6.80. The number of hydrogen-bond donors (Lipinski definition) is 1. The Bertz CT molecular complexity index is 507. The summed E-state index contributed by atoms with van der Waals surface area (Å²) in [4.78, 5) is 4.66. The average molecular weight is 276 g/mol. The highest BCUT2D eigenvalue weighted by Crippen LogP contribution is 2.26. The van der Waals surface area contributed by atoms with Gasteiger partial charge in [-0.1, -0.05) is 31.2 Å². The Labute approximate surface area is 118 Å². The van der Waals surface area contributed by atoms with Crippen molar-refractivity contribution in [3.63, 3.8) is 0 Å². The molecule has 102 valence electrons. The Kier molecular flexibility index (Phi) is 5.07. The monoisotopic (exact) mass is 276 g/mol. The quantitative estimate of drug-likeness (QED) is 0.882. The molecule has 1 heterocycles. The van der Waals surface area contributed by atoms with Crippen LogP contribution in [0.25, 0.3) is 11.3 Å². The van der Waals surface area contributed by atoms with E-state index in [1.165, 1.54) is 5.56 Å². The van der Waals surface area contributed by atoms with Crippen LogP contribution in [0, 0.1) is 0 Å². The number of hydrogen-bond acceptors (Lipinski definition) is 4. The molecule has 1 aromatic heterocycles. The lowest BCUT2D eigenvalue weighted by atomic mass is 10.1. The van der Waals surface area contributed by atoms with Gasteiger partial charge in [0.1, 0.15) is 0 Å². The smallest absolute Gasteiger partial charge is 0.0973 e. The van der Waals surface area contributed by atoms with Gasteiger partial charge in [0.25, 0.3) is 0 Å². The molecule has 1 unspecified atom stereocenters. The molecular weight excluding hydrogens is 256 g/mol. The van der Waals surface area contributed by atoms with Gasteiger partial charge in [-0.05, 0) is 12.0 Å². The van der Waals surface area contributed by atoms with E-state index >= 15 is 0 Å². The molecule has 2 rings (SSSR count). The fourth-order valence-corrected chi connectivity index (χ4v) is 2.71. The topological polar surface area (TPSA) is 48.1 Å². The zero-order chi connectivity index (χ0) is 13.7. The second-order valence-corrected chi connectivity index (χ2v) is 5.54. The molecule has 0 saturated carbocycles. The minimum atomic E-state index is 0.333. The highest BCUT2D eigenvalue weighted by atomic mass is 32.1. The minimum Gasteiger partial charge on any atom is -0.384 e. The van der Waals surface area contributed by atoms with Crippen LogP contribution in [0.2, 0.25) is 0 Å². The number of benzene rings is 1. The van der Waals surface area contributed by atoms with Crippen molar-refractivity contribution in [3.05, 3.63) is 40.2 Å². The summed E-state index contributed by atoms with van der Waals surface area (Å²) >= 11 is 1.68. The molecule has 0 aliphatic rings. The minimum absolute atomic E-state index is 0.333. The first-order valence-corrected chi connectivity index (χ1v) is 7.36. The zero-order valence-corrected chi connectivity index (χ0v) is 12.2. The van der Waals surface area contributed by atoms with Crippen molar-refractivity contribution in [2.75, 3.05) is 20.3 Å². The maximum absolute atomic E-state index is 5.67. The van der Waals surface area contributed by atoms with E-state index in [0.29, 0.717) is 12.5 Å². The molecule has 1 aromatic carbocycles. The summed E-state index contributed by atoms with van der Waals surface area (Å²) < 4.78 is 5.08. The normalized spacial score (nSPS) is 12.6. The van der Waals surface area contributed by atoms with Gasteiger partial charge in [0.15, 0.2) is 0 Å². The lowest BCUT2D eigenvalue weighted by molar-refractivity contribution is 0.202.